The third-order valence-electron chi connectivity index (χ3n) is 12.5. The molecule has 0 spiro atoms. The molecule has 3 unspecified atom stereocenters. The van der Waals surface area contributed by atoms with E-state index in [2.05, 4.69) is 111 Å². The third kappa shape index (κ3) is 53.6. The zero-order chi connectivity index (χ0) is 53.6. The molecule has 0 rings (SSSR count). The Bertz CT molecular complexity index is 1570. The lowest BCUT2D eigenvalue weighted by Crippen LogP contribution is -2.47. The first-order valence-corrected chi connectivity index (χ1v) is 31.0. The Hall–Kier alpha value is -3.07. The summed E-state index contributed by atoms with van der Waals surface area (Å²) in [5.74, 6) is -0.609. The van der Waals surface area contributed by atoms with Crippen LogP contribution in [-0.4, -0.2) is 69.4 Å². The Morgan fingerprint density at radius 3 is 1.29 bits per heavy atom. The molecule has 0 aliphatic heterocycles. The number of nitrogens with one attached hydrogen (secondary N) is 1. The quantitative estimate of drug-likeness (QED) is 0.0212. The van der Waals surface area contributed by atoms with Gasteiger partial charge in [-0.3, -0.25) is 14.2 Å². The molecule has 0 saturated heterocycles. The second kappa shape index (κ2) is 52.4. The smallest absolute Gasteiger partial charge is 0.306 e. The first-order chi connectivity index (χ1) is 35.4. The largest absolute Gasteiger partial charge is 0.756 e. The van der Waals surface area contributed by atoms with Crippen molar-refractivity contribution in [3.63, 3.8) is 0 Å². The maximum Gasteiger partial charge on any atom is 0.306 e. The lowest BCUT2D eigenvalue weighted by molar-refractivity contribution is -0.870. The fourth-order valence-electron chi connectivity index (χ4n) is 7.86. The van der Waals surface area contributed by atoms with Gasteiger partial charge in [0.15, 0.2) is 0 Å². The van der Waals surface area contributed by atoms with E-state index in [1.807, 2.05) is 33.3 Å². The van der Waals surface area contributed by atoms with Gasteiger partial charge < -0.3 is 28.5 Å². The monoisotopic (exact) mass is 1040 g/mol. The van der Waals surface area contributed by atoms with Gasteiger partial charge in [-0.25, -0.2) is 0 Å². The van der Waals surface area contributed by atoms with Crippen molar-refractivity contribution in [2.24, 2.45) is 0 Å². The number of amides is 1. The molecule has 0 bridgehead atoms. The number of likely N-dealkylation sites (N-methyl/N-ethyl adjacent to an activating group) is 1. The second-order valence-electron chi connectivity index (χ2n) is 20.8. The number of ether oxygens (including phenoxy) is 1. The summed E-state index contributed by atoms with van der Waals surface area (Å²) in [7, 11) is 1.14. The van der Waals surface area contributed by atoms with Gasteiger partial charge in [0.05, 0.1) is 33.8 Å². The summed E-state index contributed by atoms with van der Waals surface area (Å²) < 4.78 is 30.2. The molecule has 9 nitrogen and oxygen atoms in total. The van der Waals surface area contributed by atoms with Crippen LogP contribution in [0, 0.1) is 0 Å². The van der Waals surface area contributed by atoms with Gasteiger partial charge in [-0.15, -0.1) is 0 Å². The zero-order valence-electron chi connectivity index (χ0n) is 47.8. The fourth-order valence-corrected chi connectivity index (χ4v) is 8.59. The van der Waals surface area contributed by atoms with Crippen molar-refractivity contribution in [1.82, 2.24) is 5.32 Å². The number of carbonyl (C=O) groups is 2. The summed E-state index contributed by atoms with van der Waals surface area (Å²) >= 11 is 0. The molecule has 0 aromatic carbocycles. The van der Waals surface area contributed by atoms with Crippen LogP contribution in [0.3, 0.4) is 0 Å². The predicted molar refractivity (Wildman–Crippen MR) is 311 cm³/mol. The topological polar surface area (TPSA) is 114 Å². The SMILES string of the molecule is CCCCC/C=C\C/C=C\C/C=C\C/C=C\CCCCCC(=O)OC(/C=C/CCCCCCCCCCC)C(COP(=O)([O-])OCC[N+](C)(C)C)NC(=O)CCCCCC/C=C\C/C=C\C/C=C\CCCCC. The maximum atomic E-state index is 13.5. The fraction of sp³-hybridized carbons (Fsp3) is 0.714. The number of quaternary nitrogens is 1. The van der Waals surface area contributed by atoms with E-state index in [4.69, 9.17) is 13.8 Å². The van der Waals surface area contributed by atoms with Crippen molar-refractivity contribution in [2.45, 2.75) is 251 Å². The Morgan fingerprint density at radius 2 is 0.836 bits per heavy atom. The van der Waals surface area contributed by atoms with E-state index >= 15 is 0 Å². The van der Waals surface area contributed by atoms with E-state index in [9.17, 15) is 19.0 Å². The van der Waals surface area contributed by atoms with Crippen LogP contribution in [-0.2, 0) is 27.9 Å². The van der Waals surface area contributed by atoms with Gasteiger partial charge >= 0.3 is 5.97 Å². The molecule has 0 aliphatic carbocycles. The Balaban J connectivity index is 5.40. The number of unbranched alkanes of at least 4 members (excludes halogenated alkanes) is 22. The predicted octanol–water partition coefficient (Wildman–Crippen LogP) is 17.4. The van der Waals surface area contributed by atoms with Crippen molar-refractivity contribution < 1.29 is 37.3 Å². The minimum atomic E-state index is -4.71. The van der Waals surface area contributed by atoms with Gasteiger partial charge in [-0.2, -0.15) is 0 Å². The van der Waals surface area contributed by atoms with Crippen LogP contribution in [0.4, 0.5) is 0 Å². The van der Waals surface area contributed by atoms with Crippen LogP contribution >= 0.6 is 7.82 Å². The van der Waals surface area contributed by atoms with Crippen LogP contribution in [0.5, 0.6) is 0 Å². The molecule has 3 atom stereocenters. The Labute approximate surface area is 449 Å². The highest BCUT2D eigenvalue weighted by Crippen LogP contribution is 2.38. The molecule has 0 radical (unpaired) electrons. The van der Waals surface area contributed by atoms with Crippen molar-refractivity contribution >= 4 is 19.7 Å². The molecule has 0 aromatic rings. The molecule has 0 saturated carbocycles. The number of esters is 1. The molecular weight excluding hydrogens is 928 g/mol. The average molecular weight is 1040 g/mol. The summed E-state index contributed by atoms with van der Waals surface area (Å²) in [5.41, 5.74) is 0. The van der Waals surface area contributed by atoms with Crippen LogP contribution < -0.4 is 10.2 Å². The maximum absolute atomic E-state index is 13.5. The van der Waals surface area contributed by atoms with E-state index in [-0.39, 0.29) is 31.3 Å². The Morgan fingerprint density at radius 1 is 0.479 bits per heavy atom. The summed E-state index contributed by atoms with van der Waals surface area (Å²) in [6.45, 7) is 6.72. The minimum absolute atomic E-state index is 0.0370. The molecule has 0 fully saturated rings. The number of phosphoric acid groups is 1. The molecule has 0 aromatic heterocycles. The summed E-state index contributed by atoms with van der Waals surface area (Å²) in [6.07, 6.45) is 69.4. The molecule has 10 heteroatoms. The van der Waals surface area contributed by atoms with Crippen molar-refractivity contribution in [3.05, 3.63) is 97.2 Å². The van der Waals surface area contributed by atoms with Crippen LogP contribution in [0.15, 0.2) is 97.2 Å². The highest BCUT2D eigenvalue weighted by molar-refractivity contribution is 7.45. The standard InChI is InChI=1S/C63H111N2O7P/c1-7-10-13-16-19-22-25-27-29-31-32-34-36-38-41-44-47-50-53-56-63(67)72-61(54-51-48-45-42-39-24-21-18-15-12-9-3)60(59-71-73(68,69)70-58-57-65(4,5)6)64-62(66)55-52-49-46-43-40-37-35-33-30-28-26-23-20-17-14-11-8-2/h19-20,22-23,27-30,32,34-35,37-38,41,51,54,60-61H,7-18,21,24-26,31,33,36,39-40,42-50,52-53,55-59H2,1-6H3,(H-,64,66,68,69)/b22-19-,23-20-,29-27-,30-28-,34-32-,37-35-,41-38-,54-51+. The molecular formula is C63H111N2O7P. The third-order valence-corrected chi connectivity index (χ3v) is 13.5. The lowest BCUT2D eigenvalue weighted by atomic mass is 10.1. The highest BCUT2D eigenvalue weighted by atomic mass is 31.2. The number of carbonyl (C=O) groups excluding carboxylic acids is 2. The number of hydrogen-bond donors (Lipinski definition) is 1. The summed E-state index contributed by atoms with van der Waals surface area (Å²) in [5, 5.41) is 3.00. The van der Waals surface area contributed by atoms with Crippen LogP contribution in [0.2, 0.25) is 0 Å². The number of rotatable bonds is 52. The van der Waals surface area contributed by atoms with E-state index in [1.54, 1.807) is 0 Å². The second-order valence-corrected chi connectivity index (χ2v) is 22.2. The first kappa shape index (κ1) is 69.9. The van der Waals surface area contributed by atoms with E-state index in [1.165, 1.54) is 96.3 Å². The van der Waals surface area contributed by atoms with Gasteiger partial charge in [-0.05, 0) is 115 Å². The van der Waals surface area contributed by atoms with Gasteiger partial charge in [0.25, 0.3) is 7.82 Å². The van der Waals surface area contributed by atoms with E-state index in [0.29, 0.717) is 23.9 Å². The van der Waals surface area contributed by atoms with E-state index in [0.717, 1.165) is 96.3 Å². The minimum Gasteiger partial charge on any atom is -0.756 e. The zero-order valence-corrected chi connectivity index (χ0v) is 48.7. The van der Waals surface area contributed by atoms with Gasteiger partial charge in [-0.1, -0.05) is 208 Å². The van der Waals surface area contributed by atoms with Crippen LogP contribution in [0.25, 0.3) is 0 Å². The molecule has 1 amide bonds. The van der Waals surface area contributed by atoms with Crippen molar-refractivity contribution in [3.8, 4) is 0 Å². The van der Waals surface area contributed by atoms with Crippen molar-refractivity contribution in [1.29, 1.82) is 0 Å². The normalized spacial score (nSPS) is 14.5. The van der Waals surface area contributed by atoms with Gasteiger partial charge in [0.2, 0.25) is 5.91 Å². The van der Waals surface area contributed by atoms with Crippen molar-refractivity contribution in [2.75, 3.05) is 40.9 Å². The molecule has 420 valence electrons. The highest BCUT2D eigenvalue weighted by Gasteiger charge is 2.27. The Kier molecular flexibility index (Phi) is 50.2. The number of allylic oxidation sites excluding steroid dienone is 15. The number of phosphoric ester groups is 1. The number of hydrogen-bond acceptors (Lipinski definition) is 7. The molecule has 1 N–H and O–H groups in total. The molecule has 73 heavy (non-hydrogen) atoms. The first-order valence-electron chi connectivity index (χ1n) is 29.5. The van der Waals surface area contributed by atoms with Crippen LogP contribution in [0.1, 0.15) is 239 Å². The lowest BCUT2D eigenvalue weighted by Gasteiger charge is -2.30. The average Bonchev–Trinajstić information content (AvgIpc) is 3.35. The van der Waals surface area contributed by atoms with Gasteiger partial charge in [0, 0.05) is 12.8 Å². The number of nitrogens with zero attached hydrogens (tertiary/aromatic N) is 1. The molecule has 0 aliphatic rings. The molecule has 0 heterocycles. The summed E-state index contributed by atoms with van der Waals surface area (Å²) in [6, 6.07) is -0.918. The van der Waals surface area contributed by atoms with E-state index < -0.39 is 26.6 Å². The van der Waals surface area contributed by atoms with Gasteiger partial charge in [0.1, 0.15) is 19.3 Å². The summed E-state index contributed by atoms with van der Waals surface area (Å²) in [4.78, 5) is 39.9.